The van der Waals surface area contributed by atoms with Gasteiger partial charge in [-0.1, -0.05) is 18.2 Å². The van der Waals surface area contributed by atoms with Gasteiger partial charge in [0.05, 0.1) is 23.5 Å². The number of ether oxygens (including phenoxy) is 2. The van der Waals surface area contributed by atoms with E-state index in [2.05, 4.69) is 10.3 Å². The molecule has 0 spiro atoms. The molecule has 2 N–H and O–H groups in total. The molecular formula is C20H23N3O6. The topological polar surface area (TPSA) is 118 Å². The van der Waals surface area contributed by atoms with Crippen LogP contribution in [0.15, 0.2) is 42.6 Å². The minimum absolute atomic E-state index is 0.0181. The summed E-state index contributed by atoms with van der Waals surface area (Å²) in [4.78, 5) is 41.0. The van der Waals surface area contributed by atoms with Crippen molar-refractivity contribution in [2.75, 3.05) is 12.4 Å². The van der Waals surface area contributed by atoms with E-state index in [0.717, 1.165) is 6.20 Å². The number of carboxylic acids is 1. The Hall–Kier alpha value is -3.62. The SMILES string of the molecule is CN(Cc1ncc(C(=O)O)cc1NC(=O)Oc1ccccc1)C(=O)OC(C)(C)C. The van der Waals surface area contributed by atoms with Gasteiger partial charge in [0.15, 0.2) is 0 Å². The fourth-order valence-electron chi connectivity index (χ4n) is 2.20. The Kier molecular flexibility index (Phi) is 6.76. The van der Waals surface area contributed by atoms with Crippen LogP contribution in [0.3, 0.4) is 0 Å². The number of rotatable bonds is 5. The molecule has 0 radical (unpaired) electrons. The predicted molar refractivity (Wildman–Crippen MR) is 105 cm³/mol. The summed E-state index contributed by atoms with van der Waals surface area (Å²) in [7, 11) is 1.51. The van der Waals surface area contributed by atoms with Crippen LogP contribution >= 0.6 is 0 Å². The number of carboxylic acid groups (broad SMARTS) is 1. The molecule has 154 valence electrons. The number of nitrogens with one attached hydrogen (secondary N) is 1. The summed E-state index contributed by atoms with van der Waals surface area (Å²) in [6.07, 6.45) is -0.255. The molecule has 2 aromatic rings. The maximum atomic E-state index is 12.2. The van der Waals surface area contributed by atoms with Crippen LogP contribution in [0.25, 0.3) is 0 Å². The van der Waals surface area contributed by atoms with E-state index in [-0.39, 0.29) is 23.5 Å². The third kappa shape index (κ3) is 6.80. The van der Waals surface area contributed by atoms with Gasteiger partial charge in [-0.3, -0.25) is 10.3 Å². The van der Waals surface area contributed by atoms with Crippen molar-refractivity contribution in [3.8, 4) is 5.75 Å². The third-order valence-corrected chi connectivity index (χ3v) is 3.50. The highest BCUT2D eigenvalue weighted by Gasteiger charge is 2.22. The summed E-state index contributed by atoms with van der Waals surface area (Å²) in [5, 5.41) is 11.7. The number of carbonyl (C=O) groups is 3. The van der Waals surface area contributed by atoms with Gasteiger partial charge in [0.2, 0.25) is 0 Å². The van der Waals surface area contributed by atoms with Crippen LogP contribution in [-0.2, 0) is 11.3 Å². The van der Waals surface area contributed by atoms with E-state index in [0.29, 0.717) is 5.75 Å². The van der Waals surface area contributed by atoms with Gasteiger partial charge >= 0.3 is 18.2 Å². The maximum absolute atomic E-state index is 12.2. The van der Waals surface area contributed by atoms with Gasteiger partial charge < -0.3 is 19.5 Å². The van der Waals surface area contributed by atoms with Gasteiger partial charge in [0, 0.05) is 13.2 Å². The Morgan fingerprint density at radius 3 is 2.41 bits per heavy atom. The van der Waals surface area contributed by atoms with E-state index in [9.17, 15) is 19.5 Å². The van der Waals surface area contributed by atoms with E-state index >= 15 is 0 Å². The van der Waals surface area contributed by atoms with Crippen molar-refractivity contribution in [1.29, 1.82) is 0 Å². The van der Waals surface area contributed by atoms with Gasteiger partial charge in [-0.25, -0.2) is 14.4 Å². The molecule has 0 aliphatic heterocycles. The molecule has 0 saturated carbocycles. The molecule has 1 aromatic carbocycles. The van der Waals surface area contributed by atoms with E-state index in [1.54, 1.807) is 51.1 Å². The van der Waals surface area contributed by atoms with Crippen molar-refractivity contribution >= 4 is 23.8 Å². The normalized spacial score (nSPS) is 10.8. The monoisotopic (exact) mass is 401 g/mol. The van der Waals surface area contributed by atoms with Crippen LogP contribution in [0.5, 0.6) is 5.75 Å². The number of hydrogen-bond acceptors (Lipinski definition) is 6. The zero-order valence-corrected chi connectivity index (χ0v) is 16.6. The molecule has 1 aromatic heterocycles. The zero-order chi connectivity index (χ0) is 21.6. The van der Waals surface area contributed by atoms with Crippen LogP contribution in [0.4, 0.5) is 15.3 Å². The first-order chi connectivity index (χ1) is 13.5. The summed E-state index contributed by atoms with van der Waals surface area (Å²) < 4.78 is 10.4. The molecule has 2 rings (SSSR count). The number of benzene rings is 1. The second kappa shape index (κ2) is 9.05. The Morgan fingerprint density at radius 1 is 1.17 bits per heavy atom. The van der Waals surface area contributed by atoms with E-state index < -0.39 is 23.8 Å². The highest BCUT2D eigenvalue weighted by atomic mass is 16.6. The van der Waals surface area contributed by atoms with E-state index in [1.807, 2.05) is 0 Å². The molecular weight excluding hydrogens is 378 g/mol. The first-order valence-corrected chi connectivity index (χ1v) is 8.75. The third-order valence-electron chi connectivity index (χ3n) is 3.50. The Morgan fingerprint density at radius 2 is 1.83 bits per heavy atom. The summed E-state index contributed by atoms with van der Waals surface area (Å²) >= 11 is 0. The molecule has 2 amide bonds. The molecule has 0 bridgehead atoms. The summed E-state index contributed by atoms with van der Waals surface area (Å²) in [6, 6.07) is 9.63. The molecule has 29 heavy (non-hydrogen) atoms. The zero-order valence-electron chi connectivity index (χ0n) is 16.6. The van der Waals surface area contributed by atoms with Gasteiger partial charge in [0.1, 0.15) is 11.4 Å². The standard InChI is InChI=1S/C20H23N3O6/c1-20(2,3)29-19(27)23(4)12-16-15(10-13(11-21-16)17(24)25)22-18(26)28-14-8-6-5-7-9-14/h5-11H,12H2,1-4H3,(H,22,26)(H,24,25). The van der Waals surface area contributed by atoms with Crippen LogP contribution in [0.1, 0.15) is 36.8 Å². The van der Waals surface area contributed by atoms with Crippen LogP contribution < -0.4 is 10.1 Å². The number of aromatic carboxylic acids is 1. The molecule has 0 unspecified atom stereocenters. The number of amides is 2. The molecule has 0 aliphatic rings. The van der Waals surface area contributed by atoms with Crippen LogP contribution in [0, 0.1) is 0 Å². The lowest BCUT2D eigenvalue weighted by atomic mass is 10.2. The smallest absolute Gasteiger partial charge is 0.417 e. The first-order valence-electron chi connectivity index (χ1n) is 8.75. The molecule has 0 atom stereocenters. The van der Waals surface area contributed by atoms with Crippen molar-refractivity contribution < 1.29 is 29.0 Å². The molecule has 0 saturated heterocycles. The lowest BCUT2D eigenvalue weighted by Gasteiger charge is -2.25. The van der Waals surface area contributed by atoms with Crippen molar-refractivity contribution in [3.05, 3.63) is 53.9 Å². The molecule has 0 aliphatic carbocycles. The van der Waals surface area contributed by atoms with Crippen molar-refractivity contribution in [1.82, 2.24) is 9.88 Å². The average molecular weight is 401 g/mol. The summed E-state index contributed by atoms with van der Waals surface area (Å²) in [5.41, 5.74) is -0.412. The second-order valence-corrected chi connectivity index (χ2v) is 7.19. The van der Waals surface area contributed by atoms with Gasteiger partial charge in [0.25, 0.3) is 0 Å². The summed E-state index contributed by atoms with van der Waals surface area (Å²) in [5.74, 6) is -0.885. The maximum Gasteiger partial charge on any atom is 0.417 e. The Bertz CT molecular complexity index is 893. The summed E-state index contributed by atoms with van der Waals surface area (Å²) in [6.45, 7) is 5.21. The number of para-hydroxylation sites is 1. The Balaban J connectivity index is 2.20. The van der Waals surface area contributed by atoms with E-state index in [4.69, 9.17) is 9.47 Å². The molecule has 9 nitrogen and oxygen atoms in total. The van der Waals surface area contributed by atoms with Crippen LogP contribution in [-0.4, -0.2) is 45.8 Å². The van der Waals surface area contributed by atoms with Crippen LogP contribution in [0.2, 0.25) is 0 Å². The van der Waals surface area contributed by atoms with Crippen molar-refractivity contribution in [3.63, 3.8) is 0 Å². The lowest BCUT2D eigenvalue weighted by molar-refractivity contribution is 0.0283. The Labute approximate surface area is 168 Å². The second-order valence-electron chi connectivity index (χ2n) is 7.19. The predicted octanol–water partition coefficient (Wildman–Crippen LogP) is 3.76. The lowest BCUT2D eigenvalue weighted by Crippen LogP contribution is -2.34. The number of aromatic nitrogens is 1. The number of pyridine rings is 1. The molecule has 0 fully saturated rings. The molecule has 9 heteroatoms. The van der Waals surface area contributed by atoms with Gasteiger partial charge in [-0.2, -0.15) is 0 Å². The largest absolute Gasteiger partial charge is 0.478 e. The highest BCUT2D eigenvalue weighted by molar-refractivity contribution is 5.92. The average Bonchev–Trinajstić information content (AvgIpc) is 2.62. The minimum Gasteiger partial charge on any atom is -0.478 e. The first kappa shape index (κ1) is 21.7. The quantitative estimate of drug-likeness (QED) is 0.783. The fraction of sp³-hybridized carbons (Fsp3) is 0.300. The number of hydrogen-bond donors (Lipinski definition) is 2. The highest BCUT2D eigenvalue weighted by Crippen LogP contribution is 2.19. The van der Waals surface area contributed by atoms with Crippen molar-refractivity contribution in [2.24, 2.45) is 0 Å². The van der Waals surface area contributed by atoms with Gasteiger partial charge in [-0.15, -0.1) is 0 Å². The fourth-order valence-corrected chi connectivity index (χ4v) is 2.20. The molecule has 1 heterocycles. The van der Waals surface area contributed by atoms with E-state index in [1.165, 1.54) is 18.0 Å². The van der Waals surface area contributed by atoms with Gasteiger partial charge in [-0.05, 0) is 39.0 Å². The van der Waals surface area contributed by atoms with Crippen molar-refractivity contribution in [2.45, 2.75) is 32.9 Å². The minimum atomic E-state index is -1.20. The number of carbonyl (C=O) groups excluding carboxylic acids is 2. The number of anilines is 1. The number of nitrogens with zero attached hydrogens (tertiary/aromatic N) is 2.